The third-order valence-corrected chi connectivity index (χ3v) is 1.83. The van der Waals surface area contributed by atoms with Gasteiger partial charge in [-0.25, -0.2) is 4.79 Å². The molecule has 80 valence electrons. The van der Waals surface area contributed by atoms with Crippen LogP contribution in [0.2, 0.25) is 0 Å². The first-order valence-electron chi connectivity index (χ1n) is 4.71. The van der Waals surface area contributed by atoms with Crippen LogP contribution in [0, 0.1) is 6.92 Å². The van der Waals surface area contributed by atoms with Crippen LogP contribution in [0.15, 0.2) is 29.3 Å². The Balaban J connectivity index is 2.79. The van der Waals surface area contributed by atoms with Gasteiger partial charge in [0.25, 0.3) is 0 Å². The highest BCUT2D eigenvalue weighted by Gasteiger charge is 2.02. The predicted molar refractivity (Wildman–Crippen MR) is 58.9 cm³/mol. The van der Waals surface area contributed by atoms with E-state index in [-0.39, 0.29) is 5.84 Å². The minimum Gasteiger partial charge on any atom is -0.448 e. The highest BCUT2D eigenvalue weighted by atomic mass is 16.5. The molecule has 1 amide bonds. The third-order valence-electron chi connectivity index (χ3n) is 1.83. The minimum absolute atomic E-state index is 0.174. The molecule has 0 saturated carbocycles. The van der Waals surface area contributed by atoms with Crippen molar-refractivity contribution in [1.29, 1.82) is 0 Å². The van der Waals surface area contributed by atoms with Gasteiger partial charge in [-0.3, -0.25) is 0 Å². The lowest BCUT2D eigenvalue weighted by Crippen LogP contribution is -2.16. The van der Waals surface area contributed by atoms with Crippen LogP contribution in [0.5, 0.6) is 0 Å². The van der Waals surface area contributed by atoms with Gasteiger partial charge in [-0.2, -0.15) is 4.99 Å². The lowest BCUT2D eigenvalue weighted by atomic mass is 10.1. The summed E-state index contributed by atoms with van der Waals surface area (Å²) in [7, 11) is 0. The van der Waals surface area contributed by atoms with Gasteiger partial charge in [0.2, 0.25) is 0 Å². The maximum atomic E-state index is 11.0. The number of benzene rings is 1. The van der Waals surface area contributed by atoms with E-state index in [1.807, 2.05) is 31.2 Å². The first-order valence-corrected chi connectivity index (χ1v) is 4.71. The molecular weight excluding hydrogens is 192 g/mol. The molecule has 0 aliphatic heterocycles. The molecule has 0 fully saturated rings. The molecule has 0 atom stereocenters. The maximum Gasteiger partial charge on any atom is 0.435 e. The van der Waals surface area contributed by atoms with Crippen molar-refractivity contribution >= 4 is 11.9 Å². The molecule has 2 N–H and O–H groups in total. The van der Waals surface area contributed by atoms with E-state index < -0.39 is 6.09 Å². The van der Waals surface area contributed by atoms with Crippen LogP contribution in [0.3, 0.4) is 0 Å². The quantitative estimate of drug-likeness (QED) is 0.593. The largest absolute Gasteiger partial charge is 0.448 e. The zero-order chi connectivity index (χ0) is 11.3. The molecule has 0 aromatic heterocycles. The molecule has 4 heteroatoms. The number of hydrogen-bond acceptors (Lipinski definition) is 2. The van der Waals surface area contributed by atoms with Crippen LogP contribution >= 0.6 is 0 Å². The zero-order valence-corrected chi connectivity index (χ0v) is 8.86. The van der Waals surface area contributed by atoms with Crippen LogP contribution in [-0.2, 0) is 4.74 Å². The molecule has 0 bridgehead atoms. The summed E-state index contributed by atoms with van der Waals surface area (Å²) < 4.78 is 4.65. The van der Waals surface area contributed by atoms with Gasteiger partial charge in [-0.1, -0.05) is 29.8 Å². The number of carbonyl (C=O) groups is 1. The molecule has 0 aliphatic rings. The summed E-state index contributed by atoms with van der Waals surface area (Å²) in [5, 5.41) is 0. The summed E-state index contributed by atoms with van der Waals surface area (Å²) in [5.41, 5.74) is 7.47. The van der Waals surface area contributed by atoms with Crippen molar-refractivity contribution in [1.82, 2.24) is 0 Å². The monoisotopic (exact) mass is 206 g/mol. The van der Waals surface area contributed by atoms with Crippen molar-refractivity contribution in [3.63, 3.8) is 0 Å². The molecule has 1 aromatic carbocycles. The summed E-state index contributed by atoms with van der Waals surface area (Å²) in [6.07, 6.45) is -0.657. The number of nitrogens with two attached hydrogens (primary N) is 1. The number of ether oxygens (including phenoxy) is 1. The van der Waals surface area contributed by atoms with Crippen molar-refractivity contribution in [2.75, 3.05) is 6.61 Å². The average Bonchev–Trinajstić information content (AvgIpc) is 2.18. The number of aryl methyl sites for hydroxylation is 1. The molecule has 0 spiro atoms. The number of hydrogen-bond donors (Lipinski definition) is 1. The Morgan fingerprint density at radius 3 is 2.53 bits per heavy atom. The van der Waals surface area contributed by atoms with Crippen LogP contribution in [0.4, 0.5) is 4.79 Å². The number of carbonyl (C=O) groups excluding carboxylic acids is 1. The normalized spacial score (nSPS) is 11.2. The Hall–Kier alpha value is -1.84. The summed E-state index contributed by atoms with van der Waals surface area (Å²) in [5.74, 6) is 0.174. The molecule has 0 unspecified atom stereocenters. The van der Waals surface area contributed by atoms with E-state index in [0.717, 1.165) is 5.56 Å². The number of rotatable bonds is 2. The summed E-state index contributed by atoms with van der Waals surface area (Å²) in [6.45, 7) is 3.99. The average molecular weight is 206 g/mol. The van der Waals surface area contributed by atoms with E-state index in [4.69, 9.17) is 5.73 Å². The van der Waals surface area contributed by atoms with Crippen molar-refractivity contribution < 1.29 is 9.53 Å². The van der Waals surface area contributed by atoms with E-state index in [2.05, 4.69) is 9.73 Å². The number of amides is 1. The van der Waals surface area contributed by atoms with Gasteiger partial charge in [0, 0.05) is 5.56 Å². The van der Waals surface area contributed by atoms with Crippen molar-refractivity contribution in [3.8, 4) is 0 Å². The molecule has 0 saturated heterocycles. The summed E-state index contributed by atoms with van der Waals surface area (Å²) in [4.78, 5) is 14.6. The van der Waals surface area contributed by atoms with Crippen molar-refractivity contribution in [2.24, 2.45) is 10.7 Å². The molecule has 1 rings (SSSR count). The van der Waals surface area contributed by atoms with E-state index in [1.54, 1.807) is 6.92 Å². The Morgan fingerprint density at radius 2 is 2.00 bits per heavy atom. The van der Waals surface area contributed by atoms with Crippen LogP contribution in [0.25, 0.3) is 0 Å². The van der Waals surface area contributed by atoms with Gasteiger partial charge < -0.3 is 10.5 Å². The number of aliphatic imine (C=N–C) groups is 1. The molecule has 15 heavy (non-hydrogen) atoms. The fourth-order valence-corrected chi connectivity index (χ4v) is 1.04. The Morgan fingerprint density at radius 1 is 1.40 bits per heavy atom. The van der Waals surface area contributed by atoms with Gasteiger partial charge in [0.1, 0.15) is 5.84 Å². The van der Waals surface area contributed by atoms with E-state index in [0.29, 0.717) is 12.2 Å². The number of nitrogens with zero attached hydrogens (tertiary/aromatic N) is 1. The fourth-order valence-electron chi connectivity index (χ4n) is 1.04. The lowest BCUT2D eigenvalue weighted by molar-refractivity contribution is 0.163. The number of amidine groups is 1. The predicted octanol–water partition coefficient (Wildman–Crippen LogP) is 1.86. The maximum absolute atomic E-state index is 11.0. The third kappa shape index (κ3) is 3.42. The smallest absolute Gasteiger partial charge is 0.435 e. The van der Waals surface area contributed by atoms with Gasteiger partial charge in [0.15, 0.2) is 0 Å². The van der Waals surface area contributed by atoms with Crippen LogP contribution < -0.4 is 5.73 Å². The van der Waals surface area contributed by atoms with Gasteiger partial charge in [-0.15, -0.1) is 0 Å². The van der Waals surface area contributed by atoms with Gasteiger partial charge >= 0.3 is 6.09 Å². The van der Waals surface area contributed by atoms with Crippen LogP contribution in [0.1, 0.15) is 18.1 Å². The SMILES string of the molecule is CCOC(=O)/N=C(\N)c1ccc(C)cc1. The highest BCUT2D eigenvalue weighted by Crippen LogP contribution is 2.02. The lowest BCUT2D eigenvalue weighted by Gasteiger charge is -2.01. The first kappa shape index (κ1) is 11.2. The van der Waals surface area contributed by atoms with Crippen molar-refractivity contribution in [3.05, 3.63) is 35.4 Å². The molecule has 0 aliphatic carbocycles. The summed E-state index contributed by atoms with van der Waals surface area (Å²) in [6, 6.07) is 7.44. The van der Waals surface area contributed by atoms with E-state index in [1.165, 1.54) is 0 Å². The highest BCUT2D eigenvalue weighted by molar-refractivity contribution is 6.02. The Kier molecular flexibility index (Phi) is 3.85. The first-order chi connectivity index (χ1) is 7.13. The molecular formula is C11H14N2O2. The van der Waals surface area contributed by atoms with Crippen molar-refractivity contribution in [2.45, 2.75) is 13.8 Å². The molecule has 1 aromatic rings. The minimum atomic E-state index is -0.657. The van der Waals surface area contributed by atoms with Gasteiger partial charge in [0.05, 0.1) is 6.61 Å². The van der Waals surface area contributed by atoms with Crippen LogP contribution in [-0.4, -0.2) is 18.5 Å². The second-order valence-corrected chi connectivity index (χ2v) is 3.06. The van der Waals surface area contributed by atoms with Gasteiger partial charge in [-0.05, 0) is 13.8 Å². The molecule has 0 heterocycles. The zero-order valence-electron chi connectivity index (χ0n) is 8.86. The molecule has 4 nitrogen and oxygen atoms in total. The summed E-state index contributed by atoms with van der Waals surface area (Å²) >= 11 is 0. The molecule has 0 radical (unpaired) electrons. The second-order valence-electron chi connectivity index (χ2n) is 3.06. The Bertz CT molecular complexity index is 369. The van der Waals surface area contributed by atoms with E-state index >= 15 is 0 Å². The topological polar surface area (TPSA) is 64.7 Å². The second kappa shape index (κ2) is 5.14. The fraction of sp³-hybridized carbons (Fsp3) is 0.273. The Labute approximate surface area is 88.8 Å². The van der Waals surface area contributed by atoms with E-state index in [9.17, 15) is 4.79 Å². The standard InChI is InChI=1S/C11H14N2O2/c1-3-15-11(14)13-10(12)9-6-4-8(2)5-7-9/h4-7H,3H2,1-2H3,(H2,12,13,14).